The smallest absolute Gasteiger partial charge is 0.176 e. The van der Waals surface area contributed by atoms with Crippen molar-refractivity contribution in [1.29, 1.82) is 0 Å². The van der Waals surface area contributed by atoms with Crippen LogP contribution >= 0.6 is 11.6 Å². The summed E-state index contributed by atoms with van der Waals surface area (Å²) in [5.41, 5.74) is 7.13. The van der Waals surface area contributed by atoms with Crippen LogP contribution in [-0.2, 0) is 0 Å². The fourth-order valence-corrected chi connectivity index (χ4v) is 3.36. The van der Waals surface area contributed by atoms with Gasteiger partial charge in [0.1, 0.15) is 5.76 Å². The topological polar surface area (TPSA) is 48.4 Å². The van der Waals surface area contributed by atoms with Crippen LogP contribution < -0.4 is 10.5 Å². The second-order valence-corrected chi connectivity index (χ2v) is 6.04. The zero-order chi connectivity index (χ0) is 14.1. The van der Waals surface area contributed by atoms with Crippen LogP contribution in [0.2, 0.25) is 5.02 Å². The number of hydrogen-bond donors (Lipinski definition) is 1. The van der Waals surface area contributed by atoms with E-state index < -0.39 is 0 Å². The van der Waals surface area contributed by atoms with Crippen LogP contribution in [0, 0.1) is 5.92 Å². The average molecular weight is 294 g/mol. The minimum atomic E-state index is -0.0359. The summed E-state index contributed by atoms with van der Waals surface area (Å²) in [6, 6.07) is 5.62. The Hall–Kier alpha value is -1.19. The molecule has 1 fully saturated rings. The van der Waals surface area contributed by atoms with Gasteiger partial charge in [-0.25, -0.2) is 0 Å². The quantitative estimate of drug-likeness (QED) is 0.894. The number of ether oxygens (including phenoxy) is 1. The van der Waals surface area contributed by atoms with Gasteiger partial charge < -0.3 is 14.9 Å². The van der Waals surface area contributed by atoms with Gasteiger partial charge in [0.15, 0.2) is 11.3 Å². The summed E-state index contributed by atoms with van der Waals surface area (Å²) in [6.07, 6.45) is 6.25. The summed E-state index contributed by atoms with van der Waals surface area (Å²) in [7, 11) is 1.62. The summed E-state index contributed by atoms with van der Waals surface area (Å²) in [4.78, 5) is 0. The molecule has 1 aromatic carbocycles. The number of halogens is 1. The molecule has 1 aliphatic carbocycles. The van der Waals surface area contributed by atoms with Gasteiger partial charge in [-0.05, 0) is 30.9 Å². The second-order valence-electron chi connectivity index (χ2n) is 5.60. The minimum Gasteiger partial charge on any atom is -0.493 e. The molecule has 1 heterocycles. The summed E-state index contributed by atoms with van der Waals surface area (Å²) in [6.45, 7) is 0. The zero-order valence-electron chi connectivity index (χ0n) is 11.7. The predicted molar refractivity (Wildman–Crippen MR) is 81.3 cm³/mol. The van der Waals surface area contributed by atoms with E-state index in [2.05, 4.69) is 0 Å². The van der Waals surface area contributed by atoms with Crippen LogP contribution in [0.25, 0.3) is 11.0 Å². The molecule has 0 aliphatic heterocycles. The van der Waals surface area contributed by atoms with Gasteiger partial charge in [-0.2, -0.15) is 0 Å². The van der Waals surface area contributed by atoms with Crippen molar-refractivity contribution in [2.45, 2.75) is 38.1 Å². The van der Waals surface area contributed by atoms with Gasteiger partial charge in [-0.1, -0.05) is 30.9 Å². The van der Waals surface area contributed by atoms with Gasteiger partial charge >= 0.3 is 0 Å². The van der Waals surface area contributed by atoms with Gasteiger partial charge in [0, 0.05) is 16.5 Å². The first kappa shape index (κ1) is 13.8. The lowest BCUT2D eigenvalue weighted by molar-refractivity contribution is 0.283. The van der Waals surface area contributed by atoms with Gasteiger partial charge in [0.2, 0.25) is 0 Å². The van der Waals surface area contributed by atoms with Crippen LogP contribution in [0.3, 0.4) is 0 Å². The summed E-state index contributed by atoms with van der Waals surface area (Å²) in [5.74, 6) is 2.02. The average Bonchev–Trinajstić information content (AvgIpc) is 2.90. The third-order valence-electron chi connectivity index (χ3n) is 4.27. The molecule has 20 heavy (non-hydrogen) atoms. The first-order valence-electron chi connectivity index (χ1n) is 7.21. The van der Waals surface area contributed by atoms with E-state index in [0.29, 0.717) is 16.7 Å². The lowest BCUT2D eigenvalue weighted by Crippen LogP contribution is -2.22. The van der Waals surface area contributed by atoms with Crippen molar-refractivity contribution in [3.05, 3.63) is 29.0 Å². The van der Waals surface area contributed by atoms with E-state index in [1.54, 1.807) is 13.2 Å². The number of benzene rings is 1. The van der Waals surface area contributed by atoms with Crippen molar-refractivity contribution in [3.63, 3.8) is 0 Å². The Labute approximate surface area is 124 Å². The molecule has 0 radical (unpaired) electrons. The molecule has 0 saturated heterocycles. The van der Waals surface area contributed by atoms with E-state index in [9.17, 15) is 0 Å². The van der Waals surface area contributed by atoms with E-state index in [1.807, 2.05) is 12.1 Å². The van der Waals surface area contributed by atoms with Crippen molar-refractivity contribution in [2.24, 2.45) is 11.7 Å². The molecule has 2 aromatic rings. The first-order valence-corrected chi connectivity index (χ1v) is 7.59. The Morgan fingerprint density at radius 3 is 2.70 bits per heavy atom. The first-order chi connectivity index (χ1) is 9.69. The van der Waals surface area contributed by atoms with Gasteiger partial charge in [-0.3, -0.25) is 0 Å². The van der Waals surface area contributed by atoms with E-state index in [1.165, 1.54) is 32.1 Å². The number of furan rings is 1. The molecule has 1 unspecified atom stereocenters. The van der Waals surface area contributed by atoms with E-state index in [-0.39, 0.29) is 6.04 Å². The normalized spacial score (nSPS) is 18.4. The molecule has 0 bridgehead atoms. The fourth-order valence-electron chi connectivity index (χ4n) is 3.15. The maximum absolute atomic E-state index is 6.40. The Balaban J connectivity index is 1.95. The Morgan fingerprint density at radius 1 is 1.25 bits per heavy atom. The maximum Gasteiger partial charge on any atom is 0.176 e. The second kappa shape index (κ2) is 5.66. The lowest BCUT2D eigenvalue weighted by atomic mass is 9.83. The summed E-state index contributed by atoms with van der Waals surface area (Å²) >= 11 is 6.09. The number of hydrogen-bond acceptors (Lipinski definition) is 3. The number of fused-ring (bicyclic) bond motifs is 1. The SMILES string of the molecule is COc1cc(Cl)cc2cc(C(N)C3CCCCC3)oc12. The summed E-state index contributed by atoms with van der Waals surface area (Å²) < 4.78 is 11.3. The molecule has 0 amide bonds. The van der Waals surface area contributed by atoms with Crippen LogP contribution in [0.15, 0.2) is 22.6 Å². The zero-order valence-corrected chi connectivity index (χ0v) is 12.5. The largest absolute Gasteiger partial charge is 0.493 e. The molecular formula is C16H20ClNO2. The van der Waals surface area contributed by atoms with Crippen LogP contribution in [0.1, 0.15) is 43.9 Å². The van der Waals surface area contributed by atoms with Crippen molar-refractivity contribution in [1.82, 2.24) is 0 Å². The van der Waals surface area contributed by atoms with E-state index in [0.717, 1.165) is 16.7 Å². The van der Waals surface area contributed by atoms with E-state index >= 15 is 0 Å². The number of methoxy groups -OCH3 is 1. The molecule has 1 atom stereocenters. The van der Waals surface area contributed by atoms with Crippen molar-refractivity contribution in [3.8, 4) is 5.75 Å². The standard InChI is InChI=1S/C16H20ClNO2/c1-19-14-9-12(17)7-11-8-13(20-16(11)14)15(18)10-5-3-2-4-6-10/h7-10,15H,2-6,18H2,1H3. The fraction of sp³-hybridized carbons (Fsp3) is 0.500. The number of nitrogens with two attached hydrogens (primary N) is 1. The molecule has 2 N–H and O–H groups in total. The third kappa shape index (κ3) is 2.52. The van der Waals surface area contributed by atoms with E-state index in [4.69, 9.17) is 26.5 Å². The van der Waals surface area contributed by atoms with Gasteiger partial charge in [-0.15, -0.1) is 0 Å². The highest BCUT2D eigenvalue weighted by Crippen LogP contribution is 2.38. The highest BCUT2D eigenvalue weighted by atomic mass is 35.5. The van der Waals surface area contributed by atoms with Crippen LogP contribution in [0.4, 0.5) is 0 Å². The highest BCUT2D eigenvalue weighted by Gasteiger charge is 2.25. The monoisotopic (exact) mass is 293 g/mol. The molecule has 108 valence electrons. The summed E-state index contributed by atoms with van der Waals surface area (Å²) in [5, 5.41) is 1.60. The Bertz CT molecular complexity index is 602. The third-order valence-corrected chi connectivity index (χ3v) is 4.49. The lowest BCUT2D eigenvalue weighted by Gasteiger charge is -2.25. The Kier molecular flexibility index (Phi) is 3.90. The molecule has 3 rings (SSSR count). The van der Waals surface area contributed by atoms with Crippen LogP contribution in [-0.4, -0.2) is 7.11 Å². The number of rotatable bonds is 3. The van der Waals surface area contributed by atoms with Gasteiger partial charge in [0.05, 0.1) is 13.2 Å². The molecule has 1 aromatic heterocycles. The van der Waals surface area contributed by atoms with Crippen LogP contribution in [0.5, 0.6) is 5.75 Å². The van der Waals surface area contributed by atoms with Crippen molar-refractivity contribution in [2.75, 3.05) is 7.11 Å². The molecule has 0 spiro atoms. The van der Waals surface area contributed by atoms with Crippen molar-refractivity contribution < 1.29 is 9.15 Å². The highest BCUT2D eigenvalue weighted by molar-refractivity contribution is 6.31. The van der Waals surface area contributed by atoms with Gasteiger partial charge in [0.25, 0.3) is 0 Å². The predicted octanol–water partition coefficient (Wildman–Crippen LogP) is 4.67. The van der Waals surface area contributed by atoms with Crippen molar-refractivity contribution >= 4 is 22.6 Å². The molecule has 1 saturated carbocycles. The minimum absolute atomic E-state index is 0.0359. The molecule has 1 aliphatic rings. The molecule has 4 heteroatoms. The maximum atomic E-state index is 6.40. The molecular weight excluding hydrogens is 274 g/mol. The molecule has 3 nitrogen and oxygen atoms in total. The Morgan fingerprint density at radius 2 is 2.00 bits per heavy atom.